The summed E-state index contributed by atoms with van der Waals surface area (Å²) in [5.74, 6) is 5.22. The molecule has 0 radical (unpaired) electrons. The minimum Gasteiger partial charge on any atom is -0.296 e. The molecule has 0 aromatic heterocycles. The number of benzene rings is 2. The third-order valence-electron chi connectivity index (χ3n) is 3.85. The summed E-state index contributed by atoms with van der Waals surface area (Å²) >= 11 is 1.44. The molecule has 3 N–H and O–H groups in total. The Morgan fingerprint density at radius 2 is 1.79 bits per heavy atom. The lowest BCUT2D eigenvalue weighted by atomic mass is 10.0. The minimum absolute atomic E-state index is 0.184. The van der Waals surface area contributed by atoms with Crippen LogP contribution in [0, 0.1) is 0 Å². The number of amides is 2. The molecule has 2 aromatic rings. The summed E-state index contributed by atoms with van der Waals surface area (Å²) in [6.07, 6.45) is 1.29. The van der Waals surface area contributed by atoms with Gasteiger partial charge in [-0.15, -0.1) is 11.8 Å². The number of urea groups is 1. The molecule has 0 aliphatic carbocycles. The van der Waals surface area contributed by atoms with Gasteiger partial charge in [0.15, 0.2) is 6.29 Å². The first-order valence-electron chi connectivity index (χ1n) is 7.48. The summed E-state index contributed by atoms with van der Waals surface area (Å²) in [6.45, 7) is 0. The highest BCUT2D eigenvalue weighted by Gasteiger charge is 2.31. The summed E-state index contributed by atoms with van der Waals surface area (Å²) in [6, 6.07) is 17.9. The van der Waals surface area contributed by atoms with E-state index in [0.717, 1.165) is 16.7 Å². The van der Waals surface area contributed by atoms with Crippen LogP contribution in [-0.2, 0) is 11.2 Å². The fraction of sp³-hybridized carbons (Fsp3) is 0.111. The summed E-state index contributed by atoms with van der Waals surface area (Å²) < 4.78 is 0. The number of nitrogens with two attached hydrogens (primary N) is 1. The van der Waals surface area contributed by atoms with E-state index in [-0.39, 0.29) is 5.37 Å². The number of thioether (sulfide) groups is 1. The van der Waals surface area contributed by atoms with Crippen molar-refractivity contribution in [3.8, 4) is 11.1 Å². The molecule has 6 heteroatoms. The van der Waals surface area contributed by atoms with Crippen LogP contribution in [0.2, 0.25) is 0 Å². The second-order valence-corrected chi connectivity index (χ2v) is 6.39. The molecular weight excluding hydrogens is 322 g/mol. The minimum atomic E-state index is -0.482. The summed E-state index contributed by atoms with van der Waals surface area (Å²) in [4.78, 5) is 24.4. The predicted molar refractivity (Wildman–Crippen MR) is 95.7 cm³/mol. The summed E-state index contributed by atoms with van der Waals surface area (Å²) in [5, 5.41) is 1.50. The first-order chi connectivity index (χ1) is 11.7. The molecule has 0 spiro atoms. The van der Waals surface area contributed by atoms with Gasteiger partial charge in [-0.05, 0) is 16.7 Å². The van der Waals surface area contributed by atoms with Gasteiger partial charge < -0.3 is 0 Å². The topological polar surface area (TPSA) is 75.4 Å². The first-order valence-corrected chi connectivity index (χ1v) is 8.42. The molecule has 1 aliphatic heterocycles. The molecule has 2 aromatic carbocycles. The molecule has 24 heavy (non-hydrogen) atoms. The highest BCUT2D eigenvalue weighted by atomic mass is 32.2. The third-order valence-corrected chi connectivity index (χ3v) is 4.92. The zero-order valence-electron chi connectivity index (χ0n) is 12.9. The Bertz CT molecular complexity index is 760. The van der Waals surface area contributed by atoms with Crippen LogP contribution >= 0.6 is 11.8 Å². The van der Waals surface area contributed by atoms with Crippen molar-refractivity contribution in [3.63, 3.8) is 0 Å². The molecule has 0 saturated carbocycles. The van der Waals surface area contributed by atoms with E-state index in [1.807, 2.05) is 30.3 Å². The van der Waals surface area contributed by atoms with Crippen molar-refractivity contribution >= 4 is 24.1 Å². The van der Waals surface area contributed by atoms with Gasteiger partial charge in [-0.2, -0.15) is 0 Å². The van der Waals surface area contributed by atoms with Crippen LogP contribution in [-0.4, -0.2) is 22.6 Å². The molecule has 122 valence electrons. The largest absolute Gasteiger partial charge is 0.337 e. The van der Waals surface area contributed by atoms with Gasteiger partial charge in [-0.25, -0.2) is 10.6 Å². The quantitative estimate of drug-likeness (QED) is 0.389. The number of allylic oxidation sites excluding steroid dienone is 1. The normalized spacial score (nSPS) is 16.6. The monoisotopic (exact) mass is 339 g/mol. The van der Waals surface area contributed by atoms with Gasteiger partial charge in [0.2, 0.25) is 0 Å². The lowest BCUT2D eigenvalue weighted by molar-refractivity contribution is -0.105. The van der Waals surface area contributed by atoms with Crippen LogP contribution < -0.4 is 11.3 Å². The molecule has 0 saturated heterocycles. The molecule has 0 bridgehead atoms. The number of hydrogen-bond donors (Lipinski definition) is 2. The number of nitrogens with zero attached hydrogens (tertiary/aromatic N) is 1. The molecule has 1 unspecified atom stereocenters. The number of hydrogen-bond acceptors (Lipinski definition) is 4. The Kier molecular flexibility index (Phi) is 4.98. The van der Waals surface area contributed by atoms with Crippen LogP contribution in [0.3, 0.4) is 0 Å². The highest BCUT2D eigenvalue weighted by Crippen LogP contribution is 2.32. The van der Waals surface area contributed by atoms with Gasteiger partial charge in [-0.1, -0.05) is 54.6 Å². The summed E-state index contributed by atoms with van der Waals surface area (Å²) in [7, 11) is 0. The number of nitrogens with one attached hydrogen (secondary N) is 1. The van der Waals surface area contributed by atoms with Crippen molar-refractivity contribution in [1.29, 1.82) is 0 Å². The molecule has 0 fully saturated rings. The van der Waals surface area contributed by atoms with Crippen LogP contribution in [0.15, 0.2) is 65.7 Å². The van der Waals surface area contributed by atoms with Crippen LogP contribution in [0.4, 0.5) is 4.79 Å². The molecule has 2 amide bonds. The Morgan fingerprint density at radius 1 is 1.12 bits per heavy atom. The SMILES string of the molecule is NNC(=O)N1C(C=O)=CSC1Cc1ccc(-c2ccccc2)cc1. The van der Waals surface area contributed by atoms with Crippen molar-refractivity contribution in [3.05, 3.63) is 71.3 Å². The highest BCUT2D eigenvalue weighted by molar-refractivity contribution is 8.03. The summed E-state index contributed by atoms with van der Waals surface area (Å²) in [5.41, 5.74) is 5.81. The maximum Gasteiger partial charge on any atom is 0.337 e. The average Bonchev–Trinajstić information content (AvgIpc) is 3.05. The lowest BCUT2D eigenvalue weighted by Crippen LogP contribution is -2.46. The Morgan fingerprint density at radius 3 is 2.42 bits per heavy atom. The zero-order valence-corrected chi connectivity index (χ0v) is 13.7. The van der Waals surface area contributed by atoms with Crippen LogP contribution in [0.5, 0.6) is 0 Å². The molecule has 5 nitrogen and oxygen atoms in total. The lowest BCUT2D eigenvalue weighted by Gasteiger charge is -2.24. The van der Waals surface area contributed by atoms with Gasteiger partial charge in [0.1, 0.15) is 0 Å². The smallest absolute Gasteiger partial charge is 0.296 e. The number of rotatable bonds is 4. The molecular formula is C18H17N3O2S. The van der Waals surface area contributed by atoms with Crippen molar-refractivity contribution < 1.29 is 9.59 Å². The van der Waals surface area contributed by atoms with Crippen LogP contribution in [0.1, 0.15) is 5.56 Å². The Balaban J connectivity index is 1.74. The van der Waals surface area contributed by atoms with E-state index < -0.39 is 6.03 Å². The Labute approximate surface area is 144 Å². The fourth-order valence-electron chi connectivity index (χ4n) is 2.64. The van der Waals surface area contributed by atoms with Crippen LogP contribution in [0.25, 0.3) is 11.1 Å². The third kappa shape index (κ3) is 3.34. The van der Waals surface area contributed by atoms with Gasteiger partial charge in [0, 0.05) is 11.8 Å². The standard InChI is InChI=1S/C18H17N3O2S/c19-20-18(23)21-16(11-22)12-24-17(21)10-13-6-8-15(9-7-13)14-4-2-1-3-5-14/h1-9,11-12,17H,10,19H2,(H,20,23). The number of carbonyl (C=O) groups excluding carboxylic acids is 2. The maximum absolute atomic E-state index is 11.9. The zero-order chi connectivity index (χ0) is 16.9. The van der Waals surface area contributed by atoms with Gasteiger partial charge in [-0.3, -0.25) is 15.1 Å². The number of aldehydes is 1. The van der Waals surface area contributed by atoms with E-state index in [1.165, 1.54) is 16.7 Å². The fourth-order valence-corrected chi connectivity index (χ4v) is 3.73. The second-order valence-electron chi connectivity index (χ2n) is 5.34. The van der Waals surface area contributed by atoms with Crippen molar-refractivity contribution in [2.75, 3.05) is 0 Å². The van der Waals surface area contributed by atoms with E-state index >= 15 is 0 Å². The van der Waals surface area contributed by atoms with Gasteiger partial charge in [0.05, 0.1) is 11.1 Å². The molecule has 1 atom stereocenters. The van der Waals surface area contributed by atoms with Crippen molar-refractivity contribution in [2.24, 2.45) is 5.84 Å². The van der Waals surface area contributed by atoms with Crippen molar-refractivity contribution in [2.45, 2.75) is 11.8 Å². The van der Waals surface area contributed by atoms with E-state index in [2.05, 4.69) is 29.7 Å². The van der Waals surface area contributed by atoms with E-state index in [1.54, 1.807) is 5.41 Å². The van der Waals surface area contributed by atoms with Crippen molar-refractivity contribution in [1.82, 2.24) is 10.3 Å². The Hall–Kier alpha value is -2.57. The van der Waals surface area contributed by atoms with E-state index in [9.17, 15) is 9.59 Å². The average molecular weight is 339 g/mol. The maximum atomic E-state index is 11.9. The molecule has 1 heterocycles. The molecule has 1 aliphatic rings. The predicted octanol–water partition coefficient (Wildman–Crippen LogP) is 2.89. The molecule has 3 rings (SSSR count). The van der Waals surface area contributed by atoms with E-state index in [0.29, 0.717) is 18.4 Å². The number of carbonyl (C=O) groups is 2. The first kappa shape index (κ1) is 16.3. The number of hydrazine groups is 1. The van der Waals surface area contributed by atoms with Gasteiger partial charge >= 0.3 is 6.03 Å². The van der Waals surface area contributed by atoms with E-state index in [4.69, 9.17) is 5.84 Å². The second kappa shape index (κ2) is 7.33. The van der Waals surface area contributed by atoms with Gasteiger partial charge in [0.25, 0.3) is 0 Å².